The van der Waals surface area contributed by atoms with Gasteiger partial charge in [-0.3, -0.25) is 9.59 Å². The molecule has 0 saturated heterocycles. The van der Waals surface area contributed by atoms with E-state index in [-0.39, 0.29) is 12.5 Å². The van der Waals surface area contributed by atoms with Crippen LogP contribution in [-0.4, -0.2) is 49.1 Å². The Bertz CT molecular complexity index is 308. The summed E-state index contributed by atoms with van der Waals surface area (Å²) in [4.78, 5) is 25.2. The molecule has 1 amide bonds. The van der Waals surface area contributed by atoms with Gasteiger partial charge in [-0.25, -0.2) is 0 Å². The van der Waals surface area contributed by atoms with Crippen LogP contribution in [-0.2, 0) is 9.59 Å². The molecule has 1 fully saturated rings. The van der Waals surface area contributed by atoms with Crippen molar-refractivity contribution in [3.05, 3.63) is 0 Å². The summed E-state index contributed by atoms with van der Waals surface area (Å²) in [5.74, 6) is -0.819. The van der Waals surface area contributed by atoms with E-state index < -0.39 is 11.4 Å². The van der Waals surface area contributed by atoms with Crippen molar-refractivity contribution in [3.8, 4) is 0 Å². The fourth-order valence-electron chi connectivity index (χ4n) is 2.55. The largest absolute Gasteiger partial charge is 0.481 e. The van der Waals surface area contributed by atoms with E-state index in [0.29, 0.717) is 25.8 Å². The van der Waals surface area contributed by atoms with E-state index in [4.69, 9.17) is 0 Å². The highest BCUT2D eigenvalue weighted by Gasteiger charge is 2.38. The number of hydrogen-bond acceptors (Lipinski definition) is 3. The molecule has 1 aliphatic rings. The third-order valence-electron chi connectivity index (χ3n) is 3.92. The van der Waals surface area contributed by atoms with Crippen molar-refractivity contribution in [2.24, 2.45) is 5.41 Å². The molecule has 0 bridgehead atoms. The predicted molar refractivity (Wildman–Crippen MR) is 74.0 cm³/mol. The van der Waals surface area contributed by atoms with E-state index in [1.54, 1.807) is 0 Å². The molecule has 5 heteroatoms. The van der Waals surface area contributed by atoms with Crippen molar-refractivity contribution in [2.45, 2.75) is 44.9 Å². The number of amides is 1. The molecule has 0 atom stereocenters. The molecule has 0 aromatic carbocycles. The van der Waals surface area contributed by atoms with Crippen LogP contribution in [0.2, 0.25) is 0 Å². The maximum atomic E-state index is 11.7. The van der Waals surface area contributed by atoms with Gasteiger partial charge in [0.1, 0.15) is 0 Å². The van der Waals surface area contributed by atoms with E-state index >= 15 is 0 Å². The monoisotopic (exact) mass is 270 g/mol. The molecule has 110 valence electrons. The lowest BCUT2D eigenvalue weighted by atomic mass is 9.80. The van der Waals surface area contributed by atoms with Gasteiger partial charge in [-0.05, 0) is 26.9 Å². The lowest BCUT2D eigenvalue weighted by Gasteiger charge is -2.28. The average molecular weight is 270 g/mol. The molecule has 2 N–H and O–H groups in total. The van der Waals surface area contributed by atoms with Crippen LogP contribution in [0.5, 0.6) is 0 Å². The second kappa shape index (κ2) is 7.48. The lowest BCUT2D eigenvalue weighted by Crippen LogP contribution is -2.43. The first-order chi connectivity index (χ1) is 8.96. The first-order valence-corrected chi connectivity index (χ1v) is 7.11. The van der Waals surface area contributed by atoms with Crippen molar-refractivity contribution in [3.63, 3.8) is 0 Å². The van der Waals surface area contributed by atoms with Crippen LogP contribution in [0, 0.1) is 5.41 Å². The number of carbonyl (C=O) groups is 2. The van der Waals surface area contributed by atoms with Gasteiger partial charge in [0, 0.05) is 19.5 Å². The summed E-state index contributed by atoms with van der Waals surface area (Å²) in [6.45, 7) is 0.959. The van der Waals surface area contributed by atoms with Gasteiger partial charge >= 0.3 is 5.97 Å². The normalized spacial score (nSPS) is 18.9. The van der Waals surface area contributed by atoms with Crippen LogP contribution in [0.1, 0.15) is 44.9 Å². The fourth-order valence-corrected chi connectivity index (χ4v) is 2.55. The quantitative estimate of drug-likeness (QED) is 0.717. The number of carboxylic acid groups (broad SMARTS) is 1. The molecule has 0 spiro atoms. The van der Waals surface area contributed by atoms with Gasteiger partial charge in [-0.15, -0.1) is 0 Å². The van der Waals surface area contributed by atoms with E-state index in [2.05, 4.69) is 5.32 Å². The van der Waals surface area contributed by atoms with Crippen LogP contribution in [0.15, 0.2) is 0 Å². The summed E-state index contributed by atoms with van der Waals surface area (Å²) in [5.41, 5.74) is -0.746. The van der Waals surface area contributed by atoms with E-state index in [1.165, 1.54) is 0 Å². The highest BCUT2D eigenvalue weighted by molar-refractivity contribution is 5.79. The van der Waals surface area contributed by atoms with E-state index in [0.717, 1.165) is 25.7 Å². The van der Waals surface area contributed by atoms with Crippen LogP contribution in [0.3, 0.4) is 0 Å². The Hall–Kier alpha value is -1.10. The van der Waals surface area contributed by atoms with E-state index in [9.17, 15) is 14.7 Å². The zero-order valence-corrected chi connectivity index (χ0v) is 12.1. The average Bonchev–Trinajstić information content (AvgIpc) is 2.60. The van der Waals surface area contributed by atoms with Crippen LogP contribution in [0.4, 0.5) is 0 Å². The molecular weight excluding hydrogens is 244 g/mol. The maximum Gasteiger partial charge on any atom is 0.311 e. The number of hydrogen-bond donors (Lipinski definition) is 2. The first-order valence-electron chi connectivity index (χ1n) is 7.11. The first kappa shape index (κ1) is 16.0. The molecule has 1 saturated carbocycles. The van der Waals surface area contributed by atoms with Crippen molar-refractivity contribution >= 4 is 11.9 Å². The zero-order chi connectivity index (χ0) is 14.3. The number of carboxylic acids is 1. The van der Waals surface area contributed by atoms with Gasteiger partial charge in [0.15, 0.2) is 0 Å². The Morgan fingerprint density at radius 2 is 1.74 bits per heavy atom. The van der Waals surface area contributed by atoms with Crippen molar-refractivity contribution in [1.82, 2.24) is 10.2 Å². The highest BCUT2D eigenvalue weighted by Crippen LogP contribution is 2.34. The van der Waals surface area contributed by atoms with Gasteiger partial charge < -0.3 is 15.3 Å². The van der Waals surface area contributed by atoms with Gasteiger partial charge in [-0.1, -0.05) is 25.7 Å². The van der Waals surface area contributed by atoms with Gasteiger partial charge in [0.2, 0.25) is 5.91 Å². The van der Waals surface area contributed by atoms with Crippen molar-refractivity contribution in [1.29, 1.82) is 0 Å². The molecule has 0 radical (unpaired) electrons. The third kappa shape index (κ3) is 5.19. The zero-order valence-electron chi connectivity index (χ0n) is 12.1. The summed E-state index contributed by atoms with van der Waals surface area (Å²) in [6.07, 6.45) is 5.86. The molecular formula is C14H26N2O3. The third-order valence-corrected chi connectivity index (χ3v) is 3.92. The van der Waals surface area contributed by atoms with Crippen molar-refractivity contribution in [2.75, 3.05) is 27.2 Å². The van der Waals surface area contributed by atoms with Crippen molar-refractivity contribution < 1.29 is 14.7 Å². The minimum absolute atomic E-state index is 0.0569. The molecule has 0 aliphatic heterocycles. The summed E-state index contributed by atoms with van der Waals surface area (Å²) in [5, 5.41) is 12.3. The number of rotatable bonds is 6. The fraction of sp³-hybridized carbons (Fsp3) is 0.857. The van der Waals surface area contributed by atoms with Crippen LogP contribution < -0.4 is 5.32 Å². The van der Waals surface area contributed by atoms with Crippen LogP contribution in [0.25, 0.3) is 0 Å². The van der Waals surface area contributed by atoms with Gasteiger partial charge in [0.05, 0.1) is 5.41 Å². The Balaban J connectivity index is 2.49. The maximum absolute atomic E-state index is 11.7. The summed E-state index contributed by atoms with van der Waals surface area (Å²) < 4.78 is 0. The number of carbonyl (C=O) groups excluding carboxylic acids is 1. The predicted octanol–water partition coefficient (Wildman–Crippen LogP) is 1.48. The van der Waals surface area contributed by atoms with Gasteiger partial charge in [-0.2, -0.15) is 0 Å². The molecule has 0 aromatic heterocycles. The SMILES string of the molecule is CN(C)CCC(=O)NCC1(C(=O)O)CCCCCC1. The minimum Gasteiger partial charge on any atom is -0.481 e. The second-order valence-corrected chi connectivity index (χ2v) is 5.83. The standard InChI is InChI=1S/C14H26N2O3/c1-16(2)10-7-12(17)15-11-14(13(18)19)8-5-3-4-6-9-14/h3-11H2,1-2H3,(H,15,17)(H,18,19). The van der Waals surface area contributed by atoms with Gasteiger partial charge in [0.25, 0.3) is 0 Å². The molecule has 5 nitrogen and oxygen atoms in total. The molecule has 0 unspecified atom stereocenters. The Labute approximate surface area is 115 Å². The Morgan fingerprint density at radius 3 is 2.21 bits per heavy atom. The molecule has 1 aliphatic carbocycles. The summed E-state index contributed by atoms with van der Waals surface area (Å²) in [7, 11) is 3.83. The number of nitrogens with one attached hydrogen (secondary N) is 1. The smallest absolute Gasteiger partial charge is 0.311 e. The summed E-state index contributed by atoms with van der Waals surface area (Å²) in [6, 6.07) is 0. The number of aliphatic carboxylic acids is 1. The van der Waals surface area contributed by atoms with Crippen LogP contribution >= 0.6 is 0 Å². The lowest BCUT2D eigenvalue weighted by molar-refractivity contribution is -0.149. The Kier molecular flexibility index (Phi) is 6.28. The molecule has 0 aromatic rings. The molecule has 1 rings (SSSR count). The molecule has 0 heterocycles. The summed E-state index contributed by atoms with van der Waals surface area (Å²) >= 11 is 0. The topological polar surface area (TPSA) is 69.6 Å². The van der Waals surface area contributed by atoms with E-state index in [1.807, 2.05) is 19.0 Å². The molecule has 19 heavy (non-hydrogen) atoms. The highest BCUT2D eigenvalue weighted by atomic mass is 16.4. The second-order valence-electron chi connectivity index (χ2n) is 5.83. The Morgan fingerprint density at radius 1 is 1.16 bits per heavy atom. The minimum atomic E-state index is -0.762. The number of nitrogens with zero attached hydrogens (tertiary/aromatic N) is 1.